The third-order valence-corrected chi connectivity index (χ3v) is 3.36. The predicted octanol–water partition coefficient (Wildman–Crippen LogP) is 0.921. The minimum Gasteiger partial charge on any atom is -0.385 e. The molecule has 0 atom stereocenters. The van der Waals surface area contributed by atoms with Gasteiger partial charge in [0.2, 0.25) is 0 Å². The van der Waals surface area contributed by atoms with E-state index in [-0.39, 0.29) is 11.6 Å². The highest BCUT2D eigenvalue weighted by Gasteiger charge is 2.10. The Bertz CT molecular complexity index is 464. The molecule has 0 spiro atoms. The van der Waals surface area contributed by atoms with Gasteiger partial charge in [-0.2, -0.15) is 0 Å². The van der Waals surface area contributed by atoms with Crippen LogP contribution in [-0.4, -0.2) is 27.4 Å². The molecule has 0 aliphatic heterocycles. The lowest BCUT2D eigenvalue weighted by atomic mass is 10.2. The van der Waals surface area contributed by atoms with Crippen LogP contribution in [0.25, 0.3) is 0 Å². The van der Waals surface area contributed by atoms with Crippen LogP contribution in [0.3, 0.4) is 0 Å². The average molecular weight is 240 g/mol. The molecule has 0 fully saturated rings. The van der Waals surface area contributed by atoms with Crippen LogP contribution in [0.1, 0.15) is 5.56 Å². The van der Waals surface area contributed by atoms with Crippen molar-refractivity contribution in [3.05, 3.63) is 47.1 Å². The van der Waals surface area contributed by atoms with Gasteiger partial charge in [0.25, 0.3) is 0 Å². The van der Waals surface area contributed by atoms with Crippen LogP contribution in [-0.2, 0) is 15.6 Å². The molecule has 0 amide bonds. The van der Waals surface area contributed by atoms with Crippen molar-refractivity contribution in [2.45, 2.75) is 5.75 Å². The monoisotopic (exact) mass is 240 g/mol. The van der Waals surface area contributed by atoms with Crippen LogP contribution in [0.5, 0.6) is 0 Å². The van der Waals surface area contributed by atoms with Crippen LogP contribution in [0, 0.1) is 0 Å². The zero-order valence-electron chi connectivity index (χ0n) is 9.42. The van der Waals surface area contributed by atoms with Crippen molar-refractivity contribution in [1.82, 2.24) is 4.90 Å². The van der Waals surface area contributed by atoms with Crippen LogP contribution < -0.4 is 5.73 Å². The maximum absolute atomic E-state index is 11.7. The summed E-state index contributed by atoms with van der Waals surface area (Å²) < 4.78 is 23.5. The average Bonchev–Trinajstić information content (AvgIpc) is 2.17. The smallest absolute Gasteiger partial charge is 0.179 e. The van der Waals surface area contributed by atoms with E-state index in [0.29, 0.717) is 0 Å². The van der Waals surface area contributed by atoms with E-state index in [2.05, 4.69) is 0 Å². The topological polar surface area (TPSA) is 63.4 Å². The van der Waals surface area contributed by atoms with Crippen molar-refractivity contribution < 1.29 is 8.42 Å². The van der Waals surface area contributed by atoms with E-state index in [1.807, 2.05) is 18.2 Å². The number of rotatable bonds is 4. The van der Waals surface area contributed by atoms with E-state index >= 15 is 0 Å². The van der Waals surface area contributed by atoms with E-state index in [0.717, 1.165) is 11.0 Å². The molecule has 0 unspecified atom stereocenters. The Morgan fingerprint density at radius 2 is 1.88 bits per heavy atom. The molecule has 0 radical (unpaired) electrons. The molecule has 88 valence electrons. The van der Waals surface area contributed by atoms with Crippen molar-refractivity contribution in [2.24, 2.45) is 5.73 Å². The molecule has 0 saturated heterocycles. The number of sulfone groups is 1. The summed E-state index contributed by atoms with van der Waals surface area (Å²) in [6, 6.07) is 9.02. The highest BCUT2D eigenvalue weighted by atomic mass is 32.2. The molecule has 0 aromatic heterocycles. The summed E-state index contributed by atoms with van der Waals surface area (Å²) in [4.78, 5) is 1.56. The second kappa shape index (κ2) is 5.03. The Morgan fingerprint density at radius 3 is 2.38 bits per heavy atom. The summed E-state index contributed by atoms with van der Waals surface area (Å²) in [6.45, 7) is 0. The van der Waals surface area contributed by atoms with Gasteiger partial charge in [0, 0.05) is 14.1 Å². The normalized spacial score (nSPS) is 12.5. The molecule has 1 aromatic rings. The van der Waals surface area contributed by atoms with Gasteiger partial charge in [-0.15, -0.1) is 0 Å². The third kappa shape index (κ3) is 3.94. The van der Waals surface area contributed by atoms with E-state index in [9.17, 15) is 8.42 Å². The maximum Gasteiger partial charge on any atom is 0.179 e. The first-order chi connectivity index (χ1) is 7.41. The van der Waals surface area contributed by atoms with E-state index in [1.54, 1.807) is 31.1 Å². The first-order valence-corrected chi connectivity index (χ1v) is 6.53. The Kier molecular flexibility index (Phi) is 3.95. The van der Waals surface area contributed by atoms with Crippen LogP contribution in [0.2, 0.25) is 0 Å². The van der Waals surface area contributed by atoms with E-state index in [4.69, 9.17) is 5.73 Å². The largest absolute Gasteiger partial charge is 0.385 e. The third-order valence-electron chi connectivity index (χ3n) is 2.03. The Morgan fingerprint density at radius 1 is 1.31 bits per heavy atom. The van der Waals surface area contributed by atoms with Gasteiger partial charge in [-0.1, -0.05) is 30.3 Å². The SMILES string of the molecule is CN(C)C(N)=CS(=O)(=O)Cc1ccccc1. The van der Waals surface area contributed by atoms with Crippen LogP contribution >= 0.6 is 0 Å². The van der Waals surface area contributed by atoms with Crippen molar-refractivity contribution in [1.29, 1.82) is 0 Å². The Labute approximate surface area is 96.3 Å². The van der Waals surface area contributed by atoms with Gasteiger partial charge in [-0.25, -0.2) is 8.42 Å². The van der Waals surface area contributed by atoms with Gasteiger partial charge in [0.05, 0.1) is 11.2 Å². The molecule has 5 heteroatoms. The fourth-order valence-corrected chi connectivity index (χ4v) is 2.46. The number of nitrogens with zero attached hydrogens (tertiary/aromatic N) is 1. The standard InChI is InChI=1S/C11H16N2O2S/c1-13(2)11(12)9-16(14,15)8-10-6-4-3-5-7-10/h3-7,9H,8,12H2,1-2H3. The fraction of sp³-hybridized carbons (Fsp3) is 0.273. The lowest BCUT2D eigenvalue weighted by Crippen LogP contribution is -2.20. The minimum atomic E-state index is -3.31. The lowest BCUT2D eigenvalue weighted by molar-refractivity contribution is 0.505. The van der Waals surface area contributed by atoms with Crippen LogP contribution in [0.4, 0.5) is 0 Å². The molecule has 0 saturated carbocycles. The molecule has 16 heavy (non-hydrogen) atoms. The van der Waals surface area contributed by atoms with Crippen molar-refractivity contribution in [3.63, 3.8) is 0 Å². The van der Waals surface area contributed by atoms with Crippen molar-refractivity contribution in [3.8, 4) is 0 Å². The maximum atomic E-state index is 11.7. The lowest BCUT2D eigenvalue weighted by Gasteiger charge is -2.11. The molecular formula is C11H16N2O2S. The molecule has 0 heterocycles. The van der Waals surface area contributed by atoms with Gasteiger partial charge >= 0.3 is 0 Å². The molecule has 0 bridgehead atoms. The molecule has 1 rings (SSSR count). The summed E-state index contributed by atoms with van der Waals surface area (Å²) in [7, 11) is 0.0890. The van der Waals surface area contributed by atoms with Crippen LogP contribution in [0.15, 0.2) is 41.6 Å². The second-order valence-corrected chi connectivity index (χ2v) is 5.58. The van der Waals surface area contributed by atoms with Gasteiger partial charge < -0.3 is 10.6 Å². The molecule has 4 nitrogen and oxygen atoms in total. The molecule has 1 aromatic carbocycles. The summed E-state index contributed by atoms with van der Waals surface area (Å²) in [5.74, 6) is 0.207. The summed E-state index contributed by atoms with van der Waals surface area (Å²) in [5, 5.41) is 1.10. The highest BCUT2D eigenvalue weighted by Crippen LogP contribution is 2.08. The summed E-state index contributed by atoms with van der Waals surface area (Å²) >= 11 is 0. The van der Waals surface area contributed by atoms with Crippen molar-refractivity contribution >= 4 is 9.84 Å². The first kappa shape index (κ1) is 12.6. The Balaban J connectivity index is 2.86. The number of hydrogen-bond donors (Lipinski definition) is 1. The number of nitrogens with two attached hydrogens (primary N) is 1. The minimum absolute atomic E-state index is 0.0254. The summed E-state index contributed by atoms with van der Waals surface area (Å²) in [6.07, 6.45) is 0. The highest BCUT2D eigenvalue weighted by molar-refractivity contribution is 7.93. The van der Waals surface area contributed by atoms with Gasteiger partial charge in [-0.3, -0.25) is 0 Å². The molecular weight excluding hydrogens is 224 g/mol. The second-order valence-electron chi connectivity index (χ2n) is 3.73. The van der Waals surface area contributed by atoms with E-state index in [1.165, 1.54) is 0 Å². The predicted molar refractivity (Wildman–Crippen MR) is 65.0 cm³/mol. The molecule has 0 aliphatic carbocycles. The Hall–Kier alpha value is -1.49. The fourth-order valence-electron chi connectivity index (χ4n) is 1.14. The number of benzene rings is 1. The quantitative estimate of drug-likeness (QED) is 0.850. The van der Waals surface area contributed by atoms with Gasteiger partial charge in [0.1, 0.15) is 5.82 Å². The van der Waals surface area contributed by atoms with Crippen molar-refractivity contribution in [2.75, 3.05) is 14.1 Å². The zero-order valence-corrected chi connectivity index (χ0v) is 10.2. The molecule has 0 aliphatic rings. The van der Waals surface area contributed by atoms with Gasteiger partial charge in [0.15, 0.2) is 9.84 Å². The molecule has 2 N–H and O–H groups in total. The number of hydrogen-bond acceptors (Lipinski definition) is 4. The van der Waals surface area contributed by atoms with Gasteiger partial charge in [-0.05, 0) is 5.56 Å². The van der Waals surface area contributed by atoms with E-state index < -0.39 is 9.84 Å². The summed E-state index contributed by atoms with van der Waals surface area (Å²) in [5.41, 5.74) is 6.32. The zero-order chi connectivity index (χ0) is 12.2. The first-order valence-electron chi connectivity index (χ1n) is 4.82.